The molecule has 1 aromatic rings. The monoisotopic (exact) mass is 450 g/mol. The van der Waals surface area contributed by atoms with E-state index in [1.54, 1.807) is 7.11 Å². The minimum absolute atomic E-state index is 0.0133. The number of ether oxygens (including phenoxy) is 1. The van der Waals surface area contributed by atoms with E-state index in [9.17, 15) is 0 Å². The maximum atomic E-state index is 6.18. The van der Waals surface area contributed by atoms with Crippen LogP contribution in [0.2, 0.25) is 0 Å². The maximum Gasteiger partial charge on any atom is 0.123 e. The average molecular weight is 451 g/mol. The Labute approximate surface area is 149 Å². The lowest BCUT2D eigenvalue weighted by atomic mass is 10.1. The molecular formula is C9H9OP3S7. The largest absolute Gasteiger partial charge is 0.496 e. The van der Waals surface area contributed by atoms with E-state index in [2.05, 4.69) is 12.1 Å². The fourth-order valence-corrected chi connectivity index (χ4v) is 114. The van der Waals surface area contributed by atoms with Crippen LogP contribution in [0.25, 0.3) is 0 Å². The van der Waals surface area contributed by atoms with Crippen LogP contribution in [0.1, 0.15) is 5.56 Å². The SMILES string of the molecule is COc1ccccc1C12CP3(=S)SP(=S)(S1)SP2(=S)S3. The van der Waals surface area contributed by atoms with Gasteiger partial charge in [-0.1, -0.05) is 98.0 Å². The molecule has 0 aliphatic carbocycles. The minimum atomic E-state index is -1.64. The molecule has 5 rings (SSSR count). The number of para-hydroxylation sites is 1. The van der Waals surface area contributed by atoms with Crippen molar-refractivity contribution < 1.29 is 4.74 Å². The molecule has 20 heavy (non-hydrogen) atoms. The molecule has 4 bridgehead atoms. The fraction of sp³-hybridized carbons (Fsp3) is 0.333. The molecule has 0 aromatic heterocycles. The van der Waals surface area contributed by atoms with Gasteiger partial charge in [-0.25, -0.2) is 0 Å². The Morgan fingerprint density at radius 1 is 1.15 bits per heavy atom. The van der Waals surface area contributed by atoms with E-state index < -0.39 is 12.5 Å². The van der Waals surface area contributed by atoms with E-state index >= 15 is 0 Å². The summed E-state index contributed by atoms with van der Waals surface area (Å²) in [7, 11) is 1.74. The zero-order valence-electron chi connectivity index (χ0n) is 10.1. The van der Waals surface area contributed by atoms with E-state index in [1.807, 2.05) is 56.5 Å². The first kappa shape index (κ1) is 15.9. The Hall–Kier alpha value is 2.37. The molecule has 4 heterocycles. The van der Waals surface area contributed by atoms with Gasteiger partial charge in [0.25, 0.3) is 0 Å². The highest BCUT2D eigenvalue weighted by Gasteiger charge is 2.72. The van der Waals surface area contributed by atoms with Crippen LogP contribution < -0.4 is 4.74 Å². The van der Waals surface area contributed by atoms with Crippen LogP contribution >= 0.6 is 56.9 Å². The molecule has 4 unspecified atom stereocenters. The summed E-state index contributed by atoms with van der Waals surface area (Å²) in [6.07, 6.45) is 1.05. The number of rotatable bonds is 2. The number of methoxy groups -OCH3 is 1. The zero-order chi connectivity index (χ0) is 14.2. The first-order valence-corrected chi connectivity index (χ1v) is 21.7. The molecule has 4 fully saturated rings. The van der Waals surface area contributed by atoms with Crippen LogP contribution in [0, 0.1) is 0 Å². The van der Waals surface area contributed by atoms with Crippen LogP contribution in [0.5, 0.6) is 5.75 Å². The number of benzene rings is 1. The first-order valence-electron chi connectivity index (χ1n) is 5.61. The summed E-state index contributed by atoms with van der Waals surface area (Å²) >= 11 is 26.0. The lowest BCUT2D eigenvalue weighted by Crippen LogP contribution is -2.19. The molecule has 4 aliphatic rings. The molecular weight excluding hydrogens is 441 g/mol. The van der Waals surface area contributed by atoms with Crippen LogP contribution in [-0.2, 0) is 39.9 Å². The topological polar surface area (TPSA) is 9.23 Å². The molecule has 0 spiro atoms. The summed E-state index contributed by atoms with van der Waals surface area (Å²) in [6, 6.07) is 8.32. The lowest BCUT2D eigenvalue weighted by Gasteiger charge is -2.33. The molecule has 0 N–H and O–H groups in total. The Kier molecular flexibility index (Phi) is 3.92. The Morgan fingerprint density at radius 3 is 2.60 bits per heavy atom. The van der Waals surface area contributed by atoms with Crippen molar-refractivity contribution in [2.75, 3.05) is 13.3 Å². The highest BCUT2D eigenvalue weighted by Crippen LogP contribution is 3.23. The molecule has 0 amide bonds. The van der Waals surface area contributed by atoms with Crippen molar-refractivity contribution in [2.45, 2.75) is 4.49 Å². The first-order chi connectivity index (χ1) is 9.34. The van der Waals surface area contributed by atoms with Gasteiger partial charge in [0.1, 0.15) is 13.9 Å². The molecule has 108 valence electrons. The molecule has 0 saturated carbocycles. The third kappa shape index (κ3) is 2.10. The fourth-order valence-electron chi connectivity index (χ4n) is 2.58. The molecule has 4 aliphatic heterocycles. The second-order valence-electron chi connectivity index (χ2n) is 4.53. The van der Waals surface area contributed by atoms with Gasteiger partial charge < -0.3 is 4.74 Å². The van der Waals surface area contributed by atoms with E-state index in [0.29, 0.717) is 0 Å². The van der Waals surface area contributed by atoms with Gasteiger partial charge in [-0.15, -0.1) is 0 Å². The lowest BCUT2D eigenvalue weighted by molar-refractivity contribution is 0.409. The van der Waals surface area contributed by atoms with Gasteiger partial charge in [-0.3, -0.25) is 0 Å². The smallest absolute Gasteiger partial charge is 0.123 e. The minimum Gasteiger partial charge on any atom is -0.496 e. The van der Waals surface area contributed by atoms with E-state index in [0.717, 1.165) is 11.9 Å². The normalized spacial score (nSPS) is 48.6. The van der Waals surface area contributed by atoms with Gasteiger partial charge in [-0.05, 0) is 6.07 Å². The van der Waals surface area contributed by atoms with Crippen molar-refractivity contribution in [3.8, 4) is 5.75 Å². The van der Waals surface area contributed by atoms with Gasteiger partial charge in [0.15, 0.2) is 0 Å². The summed E-state index contributed by atoms with van der Waals surface area (Å²) in [5.41, 5.74) is 1.26. The summed E-state index contributed by atoms with van der Waals surface area (Å²) in [4.78, 5) is 0. The van der Waals surface area contributed by atoms with Gasteiger partial charge in [0.05, 0.1) is 16.0 Å². The highest BCUT2D eigenvalue weighted by molar-refractivity contribution is 9.57. The summed E-state index contributed by atoms with van der Waals surface area (Å²) in [5.74, 6) is 0.953. The van der Waals surface area contributed by atoms with Gasteiger partial charge in [0.2, 0.25) is 0 Å². The Morgan fingerprint density at radius 2 is 1.90 bits per heavy atom. The zero-order valence-corrected chi connectivity index (χ0v) is 18.5. The van der Waals surface area contributed by atoms with Crippen molar-refractivity contribution in [3.63, 3.8) is 0 Å². The molecule has 4 atom stereocenters. The summed E-state index contributed by atoms with van der Waals surface area (Å²) < 4.78 is 0.976. The summed E-state index contributed by atoms with van der Waals surface area (Å²) in [6.45, 7) is 0. The van der Waals surface area contributed by atoms with E-state index in [-0.39, 0.29) is 4.49 Å². The predicted molar refractivity (Wildman–Crippen MR) is 113 cm³/mol. The third-order valence-electron chi connectivity index (χ3n) is 3.30. The highest BCUT2D eigenvalue weighted by atomic mass is 33.8. The predicted octanol–water partition coefficient (Wildman–Crippen LogP) is 6.67. The van der Waals surface area contributed by atoms with Gasteiger partial charge >= 0.3 is 0 Å². The molecule has 0 radical (unpaired) electrons. The third-order valence-corrected chi connectivity index (χ3v) is 59.4. The van der Waals surface area contributed by atoms with Crippen LogP contribution in [0.4, 0.5) is 0 Å². The standard InChI is InChI=1S/C9H9OP3S7/c1-10-8-5-3-2-4-7(8)9-6-11(14)18-12(9,15)20-13(16,17-9)19-11/h2-5H,6H2,1H3. The second kappa shape index (κ2) is 4.94. The van der Waals surface area contributed by atoms with Crippen molar-refractivity contribution >= 4 is 92.3 Å². The van der Waals surface area contributed by atoms with Crippen LogP contribution in [0.15, 0.2) is 24.3 Å². The van der Waals surface area contributed by atoms with Gasteiger partial charge in [0, 0.05) is 11.7 Å². The number of hydrogen-bond donors (Lipinski definition) is 0. The van der Waals surface area contributed by atoms with E-state index in [1.165, 1.54) is 5.56 Å². The van der Waals surface area contributed by atoms with E-state index in [4.69, 9.17) is 40.2 Å². The maximum absolute atomic E-state index is 6.18. The summed E-state index contributed by atoms with van der Waals surface area (Å²) in [5, 5.41) is 0. The molecule has 1 aromatic carbocycles. The second-order valence-corrected chi connectivity index (χ2v) is 42.3. The van der Waals surface area contributed by atoms with Crippen molar-refractivity contribution in [1.82, 2.24) is 0 Å². The van der Waals surface area contributed by atoms with Gasteiger partial charge in [-0.2, -0.15) is 0 Å². The quantitative estimate of drug-likeness (QED) is 0.457. The molecule has 4 saturated heterocycles. The molecule has 11 heteroatoms. The van der Waals surface area contributed by atoms with Crippen molar-refractivity contribution in [2.24, 2.45) is 0 Å². The Balaban J connectivity index is 2.00. The average Bonchev–Trinajstić information content (AvgIpc) is 2.61. The molecule has 1 nitrogen and oxygen atoms in total. The number of hydrogen-bond acceptors (Lipinski definition) is 8. The Bertz CT molecular complexity index is 730. The van der Waals surface area contributed by atoms with Crippen LogP contribution in [-0.4, -0.2) is 13.3 Å². The van der Waals surface area contributed by atoms with Crippen molar-refractivity contribution in [3.05, 3.63) is 29.8 Å². The van der Waals surface area contributed by atoms with Crippen LogP contribution in [0.3, 0.4) is 0 Å². The van der Waals surface area contributed by atoms with Crippen molar-refractivity contribution in [1.29, 1.82) is 0 Å².